The Bertz CT molecular complexity index is 844. The number of nitrogens with zero attached hydrogens (tertiary/aromatic N) is 1. The van der Waals surface area contributed by atoms with Crippen molar-refractivity contribution < 1.29 is 9.18 Å². The Balaban J connectivity index is 1.82. The largest absolute Gasteiger partial charge is 0.399 e. The lowest BCUT2D eigenvalue weighted by Gasteiger charge is -2.05. The van der Waals surface area contributed by atoms with Gasteiger partial charge in [0.25, 0.3) is 5.91 Å². The van der Waals surface area contributed by atoms with Crippen LogP contribution in [0, 0.1) is 5.82 Å². The fourth-order valence-electron chi connectivity index (χ4n) is 1.99. The Labute approximate surface area is 140 Å². The van der Waals surface area contributed by atoms with E-state index in [1.807, 2.05) is 12.1 Å². The number of nitrogens with one attached hydrogen (secondary N) is 1. The lowest BCUT2D eigenvalue weighted by atomic mass is 10.1. The van der Waals surface area contributed by atoms with E-state index in [0.717, 1.165) is 5.56 Å². The van der Waals surface area contributed by atoms with Crippen molar-refractivity contribution in [3.8, 4) is 11.3 Å². The third-order valence-corrected chi connectivity index (χ3v) is 4.19. The number of rotatable bonds is 3. The molecule has 3 aromatic rings. The van der Waals surface area contributed by atoms with Crippen LogP contribution in [0.5, 0.6) is 0 Å². The predicted molar refractivity (Wildman–Crippen MR) is 91.3 cm³/mol. The van der Waals surface area contributed by atoms with Gasteiger partial charge in [-0.2, -0.15) is 0 Å². The zero-order chi connectivity index (χ0) is 16.4. The fraction of sp³-hybridized carbons (Fsp3) is 0. The summed E-state index contributed by atoms with van der Waals surface area (Å²) < 4.78 is 13.7. The van der Waals surface area contributed by atoms with Crippen LogP contribution in [-0.4, -0.2) is 10.9 Å². The van der Waals surface area contributed by atoms with E-state index in [4.69, 9.17) is 17.3 Å². The molecule has 0 saturated heterocycles. The Morgan fingerprint density at radius 2 is 1.96 bits per heavy atom. The summed E-state index contributed by atoms with van der Waals surface area (Å²) in [6.45, 7) is 0. The number of hydrogen-bond donors (Lipinski definition) is 2. The standard InChI is InChI=1S/C16H11ClFN3OS/c17-11-2-1-3-12(18)14(11)15(22)21-16-20-13(8-23-16)9-4-6-10(19)7-5-9/h1-8H,19H2,(H,20,21,22). The molecule has 7 heteroatoms. The number of aromatic nitrogens is 1. The van der Waals surface area contributed by atoms with Gasteiger partial charge in [-0.25, -0.2) is 9.37 Å². The van der Waals surface area contributed by atoms with E-state index in [-0.39, 0.29) is 10.6 Å². The number of thiazole rings is 1. The van der Waals surface area contributed by atoms with Crippen LogP contribution in [0.3, 0.4) is 0 Å². The van der Waals surface area contributed by atoms with E-state index in [1.165, 1.54) is 29.5 Å². The summed E-state index contributed by atoms with van der Waals surface area (Å²) in [5.74, 6) is -1.31. The molecule has 0 bridgehead atoms. The van der Waals surface area contributed by atoms with Gasteiger partial charge in [0.2, 0.25) is 0 Å². The first kappa shape index (κ1) is 15.5. The molecule has 3 rings (SSSR count). The highest BCUT2D eigenvalue weighted by Crippen LogP contribution is 2.27. The molecule has 3 N–H and O–H groups in total. The highest BCUT2D eigenvalue weighted by molar-refractivity contribution is 7.14. The number of anilines is 2. The minimum Gasteiger partial charge on any atom is -0.399 e. The number of benzene rings is 2. The summed E-state index contributed by atoms with van der Waals surface area (Å²) >= 11 is 7.12. The van der Waals surface area contributed by atoms with Gasteiger partial charge in [0, 0.05) is 16.6 Å². The molecule has 0 radical (unpaired) electrons. The Morgan fingerprint density at radius 1 is 1.22 bits per heavy atom. The Hall–Kier alpha value is -2.44. The van der Waals surface area contributed by atoms with Crippen LogP contribution in [0.2, 0.25) is 5.02 Å². The van der Waals surface area contributed by atoms with E-state index in [1.54, 1.807) is 17.5 Å². The van der Waals surface area contributed by atoms with Crippen LogP contribution in [0.1, 0.15) is 10.4 Å². The molecule has 0 unspecified atom stereocenters. The Kier molecular flexibility index (Phi) is 4.27. The van der Waals surface area contributed by atoms with E-state index in [0.29, 0.717) is 16.5 Å². The van der Waals surface area contributed by atoms with Crippen LogP contribution < -0.4 is 11.1 Å². The van der Waals surface area contributed by atoms with E-state index >= 15 is 0 Å². The molecule has 0 fully saturated rings. The van der Waals surface area contributed by atoms with Crippen LogP contribution >= 0.6 is 22.9 Å². The average molecular weight is 348 g/mol. The molecule has 0 aliphatic rings. The van der Waals surface area contributed by atoms with Crippen molar-refractivity contribution in [3.63, 3.8) is 0 Å². The zero-order valence-electron chi connectivity index (χ0n) is 11.7. The molecule has 116 valence electrons. The van der Waals surface area contributed by atoms with Crippen molar-refractivity contribution in [3.05, 3.63) is 64.2 Å². The van der Waals surface area contributed by atoms with Gasteiger partial charge in [-0.05, 0) is 24.3 Å². The number of carbonyl (C=O) groups is 1. The molecular weight excluding hydrogens is 337 g/mol. The van der Waals surface area contributed by atoms with Gasteiger partial charge in [0.1, 0.15) is 5.82 Å². The van der Waals surface area contributed by atoms with Gasteiger partial charge < -0.3 is 5.73 Å². The highest BCUT2D eigenvalue weighted by atomic mass is 35.5. The third kappa shape index (κ3) is 3.33. The lowest BCUT2D eigenvalue weighted by molar-refractivity contribution is 0.102. The molecule has 2 aromatic carbocycles. The lowest BCUT2D eigenvalue weighted by Crippen LogP contribution is -2.14. The molecule has 0 saturated carbocycles. The van der Waals surface area contributed by atoms with E-state index in [9.17, 15) is 9.18 Å². The molecule has 0 atom stereocenters. The molecule has 1 amide bonds. The predicted octanol–water partition coefficient (Wildman–Crippen LogP) is 4.44. The van der Waals surface area contributed by atoms with Crippen LogP contribution in [0.25, 0.3) is 11.3 Å². The number of amides is 1. The van der Waals surface area contributed by atoms with Crippen LogP contribution in [0.15, 0.2) is 47.8 Å². The number of halogens is 2. The second kappa shape index (κ2) is 6.36. The quantitative estimate of drug-likeness (QED) is 0.688. The van der Waals surface area contributed by atoms with Gasteiger partial charge in [-0.1, -0.05) is 29.8 Å². The second-order valence-corrected chi connectivity index (χ2v) is 5.98. The first-order valence-corrected chi connectivity index (χ1v) is 7.87. The molecule has 1 heterocycles. The summed E-state index contributed by atoms with van der Waals surface area (Å²) in [5.41, 5.74) is 7.68. The maximum atomic E-state index is 13.7. The van der Waals surface area contributed by atoms with Crippen LogP contribution in [-0.2, 0) is 0 Å². The van der Waals surface area contributed by atoms with Gasteiger partial charge in [-0.15, -0.1) is 11.3 Å². The van der Waals surface area contributed by atoms with Crippen molar-refractivity contribution >= 4 is 39.7 Å². The topological polar surface area (TPSA) is 68.0 Å². The monoisotopic (exact) mass is 347 g/mol. The zero-order valence-corrected chi connectivity index (χ0v) is 13.3. The van der Waals surface area contributed by atoms with Gasteiger partial charge >= 0.3 is 0 Å². The average Bonchev–Trinajstić information content (AvgIpc) is 2.96. The Morgan fingerprint density at radius 3 is 2.65 bits per heavy atom. The minimum atomic E-state index is -0.676. The number of carbonyl (C=O) groups excluding carboxylic acids is 1. The van der Waals surface area contributed by atoms with Gasteiger partial charge in [0.05, 0.1) is 16.3 Å². The first-order valence-electron chi connectivity index (χ1n) is 6.61. The summed E-state index contributed by atoms with van der Waals surface area (Å²) in [4.78, 5) is 16.5. The van der Waals surface area contributed by atoms with Crippen molar-refractivity contribution in [2.45, 2.75) is 0 Å². The molecule has 23 heavy (non-hydrogen) atoms. The summed E-state index contributed by atoms with van der Waals surface area (Å²) in [7, 11) is 0. The number of hydrogen-bond acceptors (Lipinski definition) is 4. The summed E-state index contributed by atoms with van der Waals surface area (Å²) in [6, 6.07) is 11.3. The first-order chi connectivity index (χ1) is 11.0. The van der Waals surface area contributed by atoms with Crippen molar-refractivity contribution in [1.29, 1.82) is 0 Å². The maximum Gasteiger partial charge on any atom is 0.261 e. The SMILES string of the molecule is Nc1ccc(-c2csc(NC(=O)c3c(F)cccc3Cl)n2)cc1. The fourth-order valence-corrected chi connectivity index (χ4v) is 2.96. The smallest absolute Gasteiger partial charge is 0.261 e. The molecule has 0 spiro atoms. The molecule has 0 aliphatic carbocycles. The normalized spacial score (nSPS) is 10.5. The van der Waals surface area contributed by atoms with E-state index in [2.05, 4.69) is 10.3 Å². The number of nitrogen functional groups attached to an aromatic ring is 1. The number of nitrogens with two attached hydrogens (primary N) is 1. The third-order valence-electron chi connectivity index (χ3n) is 3.12. The highest BCUT2D eigenvalue weighted by Gasteiger charge is 2.17. The molecule has 0 aliphatic heterocycles. The maximum absolute atomic E-state index is 13.7. The van der Waals surface area contributed by atoms with Crippen molar-refractivity contribution in [2.24, 2.45) is 0 Å². The summed E-state index contributed by atoms with van der Waals surface area (Å²) in [5, 5.41) is 4.77. The van der Waals surface area contributed by atoms with Gasteiger partial charge in [-0.3, -0.25) is 10.1 Å². The minimum absolute atomic E-state index is 0.0535. The molecule has 1 aromatic heterocycles. The van der Waals surface area contributed by atoms with Crippen LogP contribution in [0.4, 0.5) is 15.2 Å². The molecular formula is C16H11ClFN3OS. The summed E-state index contributed by atoms with van der Waals surface area (Å²) in [6.07, 6.45) is 0. The molecule has 4 nitrogen and oxygen atoms in total. The van der Waals surface area contributed by atoms with Crippen molar-refractivity contribution in [2.75, 3.05) is 11.1 Å². The van der Waals surface area contributed by atoms with E-state index < -0.39 is 11.7 Å². The van der Waals surface area contributed by atoms with Gasteiger partial charge in [0.15, 0.2) is 5.13 Å². The second-order valence-electron chi connectivity index (χ2n) is 4.71. The van der Waals surface area contributed by atoms with Crippen molar-refractivity contribution in [1.82, 2.24) is 4.98 Å².